The molecule has 128 valence electrons. The van der Waals surface area contributed by atoms with E-state index in [4.69, 9.17) is 4.99 Å². The van der Waals surface area contributed by atoms with Crippen molar-refractivity contribution in [2.75, 3.05) is 26.7 Å². The first-order valence-electron chi connectivity index (χ1n) is 8.75. The standard InChI is InChI=1S/C17H33N3O2/c1-4-17(11-9-12-17)14-20-16(18-5-2)19-13-8-6-7-10-15(21)22-3/h4-14H2,1-3H3,(H2,18,19,20). The highest BCUT2D eigenvalue weighted by atomic mass is 16.5. The number of carbonyl (C=O) groups is 1. The van der Waals surface area contributed by atoms with Gasteiger partial charge in [-0.25, -0.2) is 0 Å². The third-order valence-electron chi connectivity index (χ3n) is 4.66. The van der Waals surface area contributed by atoms with Crippen molar-refractivity contribution in [3.63, 3.8) is 0 Å². The van der Waals surface area contributed by atoms with Gasteiger partial charge >= 0.3 is 5.97 Å². The SMILES string of the molecule is CCNC(=NCC1(CC)CCC1)NCCCCCC(=O)OC. The van der Waals surface area contributed by atoms with Crippen LogP contribution in [0.5, 0.6) is 0 Å². The second-order valence-corrected chi connectivity index (χ2v) is 6.22. The lowest BCUT2D eigenvalue weighted by Gasteiger charge is -2.40. The number of esters is 1. The normalized spacial score (nSPS) is 16.8. The summed E-state index contributed by atoms with van der Waals surface area (Å²) in [5.41, 5.74) is 0.461. The number of nitrogens with one attached hydrogen (secondary N) is 2. The number of nitrogens with zero attached hydrogens (tertiary/aromatic N) is 1. The molecule has 1 fully saturated rings. The first kappa shape index (κ1) is 18.8. The van der Waals surface area contributed by atoms with Crippen LogP contribution in [0.2, 0.25) is 0 Å². The molecule has 5 nitrogen and oxygen atoms in total. The molecule has 0 atom stereocenters. The smallest absolute Gasteiger partial charge is 0.305 e. The predicted molar refractivity (Wildman–Crippen MR) is 91.0 cm³/mol. The molecule has 1 aliphatic carbocycles. The van der Waals surface area contributed by atoms with Gasteiger partial charge in [0.1, 0.15) is 0 Å². The molecule has 0 aliphatic heterocycles. The Morgan fingerprint density at radius 2 is 1.95 bits per heavy atom. The first-order chi connectivity index (χ1) is 10.7. The Hall–Kier alpha value is -1.26. The Morgan fingerprint density at radius 3 is 2.50 bits per heavy atom. The number of hydrogen-bond donors (Lipinski definition) is 2. The molecule has 0 radical (unpaired) electrons. The highest BCUT2D eigenvalue weighted by molar-refractivity contribution is 5.79. The average Bonchev–Trinajstić information content (AvgIpc) is 2.49. The molecule has 0 aromatic carbocycles. The molecule has 0 unspecified atom stereocenters. The number of aliphatic imine (C=N–C) groups is 1. The van der Waals surface area contributed by atoms with Gasteiger partial charge in [-0.1, -0.05) is 19.8 Å². The number of rotatable bonds is 10. The molecule has 0 heterocycles. The minimum Gasteiger partial charge on any atom is -0.469 e. The Bertz CT molecular complexity index is 346. The quantitative estimate of drug-likeness (QED) is 0.282. The van der Waals surface area contributed by atoms with Crippen molar-refractivity contribution in [2.45, 2.75) is 65.2 Å². The second-order valence-electron chi connectivity index (χ2n) is 6.22. The monoisotopic (exact) mass is 311 g/mol. The van der Waals surface area contributed by atoms with Crippen LogP contribution in [-0.4, -0.2) is 38.7 Å². The summed E-state index contributed by atoms with van der Waals surface area (Å²) in [5, 5.41) is 6.70. The van der Waals surface area contributed by atoms with Crippen molar-refractivity contribution >= 4 is 11.9 Å². The third kappa shape index (κ3) is 6.67. The van der Waals surface area contributed by atoms with E-state index in [-0.39, 0.29) is 5.97 Å². The summed E-state index contributed by atoms with van der Waals surface area (Å²) in [6.07, 6.45) is 8.70. The number of unbranched alkanes of at least 4 members (excludes halogenated alkanes) is 2. The van der Waals surface area contributed by atoms with Crippen LogP contribution >= 0.6 is 0 Å². The zero-order valence-electron chi connectivity index (χ0n) is 14.5. The first-order valence-corrected chi connectivity index (χ1v) is 8.75. The number of ether oxygens (including phenoxy) is 1. The van der Waals surface area contributed by atoms with Crippen molar-refractivity contribution in [3.05, 3.63) is 0 Å². The summed E-state index contributed by atoms with van der Waals surface area (Å²) in [6.45, 7) is 7.07. The maximum absolute atomic E-state index is 11.0. The maximum Gasteiger partial charge on any atom is 0.305 e. The van der Waals surface area contributed by atoms with Gasteiger partial charge in [-0.05, 0) is 44.4 Å². The summed E-state index contributed by atoms with van der Waals surface area (Å²) < 4.78 is 4.63. The van der Waals surface area contributed by atoms with Gasteiger partial charge in [-0.15, -0.1) is 0 Å². The number of methoxy groups -OCH3 is 1. The molecule has 22 heavy (non-hydrogen) atoms. The molecular formula is C17H33N3O2. The van der Waals surface area contributed by atoms with Gasteiger partial charge in [-0.3, -0.25) is 9.79 Å². The van der Waals surface area contributed by atoms with Crippen molar-refractivity contribution in [1.82, 2.24) is 10.6 Å². The number of hydrogen-bond acceptors (Lipinski definition) is 3. The van der Waals surface area contributed by atoms with Crippen LogP contribution in [0.25, 0.3) is 0 Å². The van der Waals surface area contributed by atoms with Crippen LogP contribution in [0, 0.1) is 5.41 Å². The van der Waals surface area contributed by atoms with Gasteiger partial charge in [0.2, 0.25) is 0 Å². The molecule has 0 aromatic heterocycles. The minimum absolute atomic E-state index is 0.117. The summed E-state index contributed by atoms with van der Waals surface area (Å²) >= 11 is 0. The summed E-state index contributed by atoms with van der Waals surface area (Å²) in [6, 6.07) is 0. The molecule has 0 aromatic rings. The highest BCUT2D eigenvalue weighted by Crippen LogP contribution is 2.43. The highest BCUT2D eigenvalue weighted by Gasteiger charge is 2.34. The van der Waals surface area contributed by atoms with E-state index in [0.717, 1.165) is 44.9 Å². The van der Waals surface area contributed by atoms with E-state index in [1.165, 1.54) is 32.8 Å². The lowest BCUT2D eigenvalue weighted by molar-refractivity contribution is -0.140. The van der Waals surface area contributed by atoms with Crippen molar-refractivity contribution in [1.29, 1.82) is 0 Å². The van der Waals surface area contributed by atoms with Gasteiger partial charge in [0.05, 0.1) is 7.11 Å². The van der Waals surface area contributed by atoms with Gasteiger partial charge < -0.3 is 15.4 Å². The van der Waals surface area contributed by atoms with E-state index in [2.05, 4.69) is 29.2 Å². The Labute approximate surface area is 135 Å². The number of carbonyl (C=O) groups excluding carboxylic acids is 1. The van der Waals surface area contributed by atoms with Gasteiger partial charge in [0.15, 0.2) is 5.96 Å². The van der Waals surface area contributed by atoms with E-state index >= 15 is 0 Å². The van der Waals surface area contributed by atoms with Crippen LogP contribution in [-0.2, 0) is 9.53 Å². The van der Waals surface area contributed by atoms with Gasteiger partial charge in [-0.2, -0.15) is 0 Å². The van der Waals surface area contributed by atoms with E-state index in [0.29, 0.717) is 11.8 Å². The lowest BCUT2D eigenvalue weighted by atomic mass is 9.67. The van der Waals surface area contributed by atoms with Crippen molar-refractivity contribution in [2.24, 2.45) is 10.4 Å². The van der Waals surface area contributed by atoms with Crippen molar-refractivity contribution < 1.29 is 9.53 Å². The zero-order chi connectivity index (χ0) is 16.3. The van der Waals surface area contributed by atoms with E-state index < -0.39 is 0 Å². The Kier molecular flexibility index (Phi) is 8.94. The third-order valence-corrected chi connectivity index (χ3v) is 4.66. The molecule has 0 bridgehead atoms. The fourth-order valence-corrected chi connectivity index (χ4v) is 2.77. The zero-order valence-corrected chi connectivity index (χ0v) is 14.5. The molecule has 0 spiro atoms. The summed E-state index contributed by atoms with van der Waals surface area (Å²) in [4.78, 5) is 15.8. The fraction of sp³-hybridized carbons (Fsp3) is 0.882. The minimum atomic E-state index is -0.117. The average molecular weight is 311 g/mol. The van der Waals surface area contributed by atoms with Gasteiger partial charge in [0.25, 0.3) is 0 Å². The molecule has 0 amide bonds. The second kappa shape index (κ2) is 10.5. The molecular weight excluding hydrogens is 278 g/mol. The molecule has 2 N–H and O–H groups in total. The molecule has 1 saturated carbocycles. The van der Waals surface area contributed by atoms with Crippen LogP contribution < -0.4 is 10.6 Å². The summed E-state index contributed by atoms with van der Waals surface area (Å²) in [5.74, 6) is 0.809. The fourth-order valence-electron chi connectivity index (χ4n) is 2.77. The maximum atomic E-state index is 11.0. The van der Waals surface area contributed by atoms with E-state index in [1.54, 1.807) is 0 Å². The van der Waals surface area contributed by atoms with Crippen LogP contribution in [0.4, 0.5) is 0 Å². The molecule has 5 heteroatoms. The van der Waals surface area contributed by atoms with Crippen molar-refractivity contribution in [3.8, 4) is 0 Å². The van der Waals surface area contributed by atoms with E-state index in [9.17, 15) is 4.79 Å². The van der Waals surface area contributed by atoms with Crippen LogP contribution in [0.1, 0.15) is 65.2 Å². The van der Waals surface area contributed by atoms with Gasteiger partial charge in [0, 0.05) is 26.1 Å². The van der Waals surface area contributed by atoms with Crippen LogP contribution in [0.15, 0.2) is 4.99 Å². The topological polar surface area (TPSA) is 62.7 Å². The Balaban J connectivity index is 2.21. The molecule has 0 saturated heterocycles. The summed E-state index contributed by atoms with van der Waals surface area (Å²) in [7, 11) is 1.44. The molecule has 1 rings (SSSR count). The lowest BCUT2D eigenvalue weighted by Crippen LogP contribution is -2.40. The van der Waals surface area contributed by atoms with Crippen LogP contribution in [0.3, 0.4) is 0 Å². The van der Waals surface area contributed by atoms with E-state index in [1.807, 2.05) is 0 Å². The number of guanidine groups is 1. The predicted octanol–water partition coefficient (Wildman–Crippen LogP) is 2.86. The Morgan fingerprint density at radius 1 is 1.18 bits per heavy atom. The molecule has 1 aliphatic rings. The largest absolute Gasteiger partial charge is 0.469 e.